The molecule has 0 spiro atoms. The number of nitrogens with one attached hydrogen (secondary N) is 2. The Balaban J connectivity index is 0.960. The summed E-state index contributed by atoms with van der Waals surface area (Å²) in [6.07, 6.45) is 9.94. The van der Waals surface area contributed by atoms with E-state index in [2.05, 4.69) is 229 Å². The van der Waals surface area contributed by atoms with E-state index in [9.17, 15) is 0 Å². The molecular weight excluding hydrogens is 1060 g/mol. The Bertz CT molecular complexity index is 7370. The molecule has 0 aromatic heterocycles. The van der Waals surface area contributed by atoms with E-state index in [1.165, 1.54) is 195 Å². The molecule has 1 unspecified atom stereocenters. The van der Waals surface area contributed by atoms with Crippen LogP contribution in [0.2, 0.25) is 0 Å². The molecule has 19 aromatic carbocycles. The zero-order valence-electron chi connectivity index (χ0n) is 46.8. The Morgan fingerprint density at radius 2 is 0.761 bits per heavy atom. The lowest BCUT2D eigenvalue weighted by molar-refractivity contribution is 0.912. The summed E-state index contributed by atoms with van der Waals surface area (Å²) in [6, 6.07) is 74.5. The van der Waals surface area contributed by atoms with E-state index in [4.69, 9.17) is 9.98 Å². The molecule has 0 saturated carbocycles. The van der Waals surface area contributed by atoms with Crippen LogP contribution in [0.3, 0.4) is 0 Å². The van der Waals surface area contributed by atoms with E-state index in [0.717, 1.165) is 60.1 Å². The fourth-order valence-electron chi connectivity index (χ4n) is 18.8. The first-order chi connectivity index (χ1) is 43.6. The second-order valence-electron chi connectivity index (χ2n) is 26.0. The molecule has 0 saturated heterocycles. The van der Waals surface area contributed by atoms with Gasteiger partial charge in [-0.3, -0.25) is 5.32 Å². The molecule has 25 rings (SSSR count). The van der Waals surface area contributed by atoms with Gasteiger partial charge in [-0.2, -0.15) is 0 Å². The molecule has 0 amide bonds. The Morgan fingerprint density at radius 1 is 0.330 bits per heavy atom. The Morgan fingerprint density at radius 3 is 1.34 bits per heavy atom. The highest BCUT2D eigenvalue weighted by molar-refractivity contribution is 6.37. The minimum atomic E-state index is -0.236. The number of benzene rings is 19. The summed E-state index contributed by atoms with van der Waals surface area (Å²) in [7, 11) is 0. The second-order valence-corrected chi connectivity index (χ2v) is 26.0. The van der Waals surface area contributed by atoms with Crippen molar-refractivity contribution < 1.29 is 0 Å². The number of rotatable bonds is 0. The van der Waals surface area contributed by atoms with Gasteiger partial charge in [-0.05, 0) is 195 Å². The normalized spacial score (nSPS) is 16.4. The standard InChI is InChI=1S/C84H39N4/c1-5-37-13-17-41-21-25-49-73-53(29-45(9-1)65(37)69(41)73)57-33-61-78-50-26-22-42-18-14-38-6-2-11-47-31-55(74(50)70(42)66(38)47)59-35-63(87-82(59)78)80-52-28-24-44-20-16-40-8-4-12-48-32-56(76(52)72(44)68(40)48)60-36-64(88-84(60)80)79-51-27-23-43-19-15-39-7-3-10-46-30-54(75(51)71(43)67(39)46)58-34-62(86-83(58)79)77(49)81(57)85-61/h1-36,81,85,88H/q+1. The Kier molecular flexibility index (Phi) is 6.88. The predicted octanol–water partition coefficient (Wildman–Crippen LogP) is 15.2. The fourth-order valence-corrected chi connectivity index (χ4v) is 18.8. The Hall–Kier alpha value is -11.6. The first kappa shape index (κ1) is 43.1. The van der Waals surface area contributed by atoms with Crippen molar-refractivity contribution in [3.8, 4) is 0 Å². The van der Waals surface area contributed by atoms with Gasteiger partial charge < -0.3 is 5.32 Å². The number of nitrogens with zero attached hydrogens (tertiary/aromatic N) is 2. The van der Waals surface area contributed by atoms with Crippen LogP contribution in [0.1, 0.15) is 16.7 Å². The lowest BCUT2D eigenvalue weighted by atomic mass is 9.76. The molecule has 2 N–H and O–H groups in total. The largest absolute Gasteiger partial charge is 0.373 e. The first-order valence-electron chi connectivity index (χ1n) is 30.9. The third-order valence-corrected chi connectivity index (χ3v) is 22.1. The third kappa shape index (κ3) is 4.69. The van der Waals surface area contributed by atoms with Crippen LogP contribution in [0.15, 0.2) is 216 Å². The van der Waals surface area contributed by atoms with Crippen LogP contribution in [-0.4, -0.2) is 6.04 Å². The molecule has 1 atom stereocenters. The maximum absolute atomic E-state index is 6.20. The topological polar surface area (TPSA) is 48.8 Å². The van der Waals surface area contributed by atoms with Crippen molar-refractivity contribution in [2.24, 2.45) is 9.98 Å². The van der Waals surface area contributed by atoms with Gasteiger partial charge in [0.05, 0.1) is 39.8 Å². The van der Waals surface area contributed by atoms with E-state index < -0.39 is 0 Å². The highest BCUT2D eigenvalue weighted by atomic mass is 15.0. The average molecular weight is 1100 g/mol. The maximum atomic E-state index is 6.20. The summed E-state index contributed by atoms with van der Waals surface area (Å²) in [5.74, 6) is 0. The lowest BCUT2D eigenvalue weighted by Gasteiger charge is -2.30. The van der Waals surface area contributed by atoms with Crippen molar-refractivity contribution >= 4 is 208 Å². The fraction of sp³-hybridized carbons (Fsp3) is 0.0119. The van der Waals surface area contributed by atoms with Crippen molar-refractivity contribution in [1.29, 1.82) is 0 Å². The van der Waals surface area contributed by atoms with Crippen LogP contribution in [-0.2, 0) is 0 Å². The number of allylic oxidation sites excluding steroid dienone is 1. The smallest absolute Gasteiger partial charge is 0.143 e. The molecule has 88 heavy (non-hydrogen) atoms. The second kappa shape index (κ2) is 14.0. The summed E-state index contributed by atoms with van der Waals surface area (Å²) in [5, 5.41) is 54.5. The van der Waals surface area contributed by atoms with Gasteiger partial charge in [-0.1, -0.05) is 164 Å². The number of hydrogen-bond acceptors (Lipinski definition) is 4. The SMILES string of the molecule is C1=C2c3cc4cccc5ccc6ccc(c3c6c54)C3=C4C=c5c(c(c6ccc7ccc8cccc9cc5c6c7c89)=C5[CH+]c6c(c(c7ccc8ccc9cccc%10cc6c7c8c9%10)=C6C=c7c(c(c8ccc9ccc%10cccc%11cc7c8c9c%10%11)=C1NC23)=N6)N5)=N4. The lowest BCUT2D eigenvalue weighted by Crippen LogP contribution is -2.42. The van der Waals surface area contributed by atoms with Crippen molar-refractivity contribution in [2.75, 3.05) is 5.32 Å². The van der Waals surface area contributed by atoms with Crippen LogP contribution in [0.25, 0.3) is 202 Å². The molecular formula is C84H39N4+. The van der Waals surface area contributed by atoms with E-state index in [1.807, 2.05) is 0 Å². The quantitative estimate of drug-likeness (QED) is 0.0903. The van der Waals surface area contributed by atoms with Crippen LogP contribution in [0, 0.1) is 6.42 Å². The van der Waals surface area contributed by atoms with Crippen LogP contribution in [0.5, 0.6) is 0 Å². The van der Waals surface area contributed by atoms with E-state index >= 15 is 0 Å². The molecule has 0 radical (unpaired) electrons. The minimum absolute atomic E-state index is 0.236. The average Bonchev–Trinajstić information content (AvgIpc) is 1.79. The van der Waals surface area contributed by atoms with Crippen molar-refractivity contribution in [2.45, 2.75) is 6.04 Å². The van der Waals surface area contributed by atoms with Crippen molar-refractivity contribution in [3.63, 3.8) is 0 Å². The molecule has 5 aliphatic heterocycles. The summed E-state index contributed by atoms with van der Waals surface area (Å²) >= 11 is 0. The zero-order valence-corrected chi connectivity index (χ0v) is 46.8. The third-order valence-electron chi connectivity index (χ3n) is 22.1. The molecule has 394 valence electrons. The van der Waals surface area contributed by atoms with Gasteiger partial charge in [0.2, 0.25) is 0 Å². The van der Waals surface area contributed by atoms with Gasteiger partial charge in [-0.25, -0.2) is 9.98 Å². The van der Waals surface area contributed by atoms with Gasteiger partial charge in [0.1, 0.15) is 27.5 Å². The van der Waals surface area contributed by atoms with E-state index in [-0.39, 0.29) is 6.04 Å². The predicted molar refractivity (Wildman–Crippen MR) is 368 cm³/mol. The molecule has 5 heterocycles. The van der Waals surface area contributed by atoms with E-state index in [1.54, 1.807) is 0 Å². The molecule has 6 aliphatic rings. The van der Waals surface area contributed by atoms with Gasteiger partial charge in [0, 0.05) is 53.9 Å². The molecule has 4 heteroatoms. The molecule has 1 aliphatic carbocycles. The molecule has 0 fully saturated rings. The van der Waals surface area contributed by atoms with Gasteiger partial charge in [-0.15, -0.1) is 0 Å². The summed E-state index contributed by atoms with van der Waals surface area (Å²) in [4.78, 5) is 12.4. The highest BCUT2D eigenvalue weighted by Crippen LogP contribution is 2.52. The van der Waals surface area contributed by atoms with Gasteiger partial charge in [0.15, 0.2) is 0 Å². The summed E-state index contributed by atoms with van der Waals surface area (Å²) in [6.45, 7) is 0. The van der Waals surface area contributed by atoms with E-state index in [0.29, 0.717) is 0 Å². The van der Waals surface area contributed by atoms with Gasteiger partial charge >= 0.3 is 0 Å². The molecule has 19 aromatic rings. The highest BCUT2D eigenvalue weighted by Gasteiger charge is 2.40. The van der Waals surface area contributed by atoms with Crippen LogP contribution >= 0.6 is 0 Å². The number of fused-ring (bicyclic) bond motifs is 12. The molecule has 8 bridgehead atoms. The summed E-state index contributed by atoms with van der Waals surface area (Å²) in [5.41, 5.74) is 11.3. The number of anilines is 1. The first-order valence-corrected chi connectivity index (χ1v) is 30.9. The maximum Gasteiger partial charge on any atom is 0.143 e. The summed E-state index contributed by atoms with van der Waals surface area (Å²) < 4.78 is 0. The number of hydrogen-bond donors (Lipinski definition) is 2. The van der Waals surface area contributed by atoms with Gasteiger partial charge in [0.25, 0.3) is 0 Å². The monoisotopic (exact) mass is 1100 g/mol. The molecule has 4 nitrogen and oxygen atoms in total. The zero-order chi connectivity index (χ0) is 56.0. The van der Waals surface area contributed by atoms with Crippen LogP contribution < -0.4 is 47.4 Å². The van der Waals surface area contributed by atoms with Crippen molar-refractivity contribution in [3.05, 3.63) is 266 Å². The van der Waals surface area contributed by atoms with Crippen LogP contribution in [0.4, 0.5) is 5.69 Å². The van der Waals surface area contributed by atoms with Crippen molar-refractivity contribution in [1.82, 2.24) is 5.32 Å². The minimum Gasteiger partial charge on any atom is -0.373 e. The Labute approximate surface area is 497 Å².